The Bertz CT molecular complexity index is 104. The number of ether oxygens (including phenoxy) is 1. The van der Waals surface area contributed by atoms with Gasteiger partial charge in [0.05, 0.1) is 18.9 Å². The zero-order valence-corrected chi connectivity index (χ0v) is 5.84. The van der Waals surface area contributed by atoms with E-state index in [0.29, 0.717) is 25.5 Å². The van der Waals surface area contributed by atoms with E-state index in [4.69, 9.17) is 22.0 Å². The van der Waals surface area contributed by atoms with Gasteiger partial charge in [0.1, 0.15) is 0 Å². The number of nitrogens with two attached hydrogens (primary N) is 3. The Morgan fingerprint density at radius 2 is 2.30 bits per heavy atom. The number of hydrogen-bond donors (Lipinski definition) is 4. The Morgan fingerprint density at radius 3 is 2.70 bits per heavy atom. The third-order valence-electron chi connectivity index (χ3n) is 0.906. The molecule has 0 amide bonds. The van der Waals surface area contributed by atoms with Crippen LogP contribution < -0.4 is 22.7 Å². The summed E-state index contributed by atoms with van der Waals surface area (Å²) in [6.07, 6.45) is 1.36. The van der Waals surface area contributed by atoms with E-state index in [9.17, 15) is 0 Å². The van der Waals surface area contributed by atoms with Crippen molar-refractivity contribution in [3.63, 3.8) is 0 Å². The maximum atomic E-state index is 5.17. The fourth-order valence-corrected chi connectivity index (χ4v) is 0.403. The van der Waals surface area contributed by atoms with Crippen LogP contribution in [0.2, 0.25) is 0 Å². The van der Waals surface area contributed by atoms with Crippen LogP contribution in [0.25, 0.3) is 0 Å². The molecule has 0 radical (unpaired) electrons. The van der Waals surface area contributed by atoms with Gasteiger partial charge in [0, 0.05) is 12.7 Å². The van der Waals surface area contributed by atoms with Crippen molar-refractivity contribution in [2.75, 3.05) is 19.8 Å². The highest BCUT2D eigenvalue weighted by atomic mass is 16.5. The van der Waals surface area contributed by atoms with Gasteiger partial charge in [-0.05, 0) is 0 Å². The van der Waals surface area contributed by atoms with Crippen LogP contribution in [0, 0.1) is 0 Å². The molecule has 5 nitrogen and oxygen atoms in total. The second-order valence-corrected chi connectivity index (χ2v) is 1.68. The van der Waals surface area contributed by atoms with Crippen molar-refractivity contribution < 1.29 is 4.74 Å². The van der Waals surface area contributed by atoms with Crippen LogP contribution >= 0.6 is 0 Å². The summed E-state index contributed by atoms with van der Waals surface area (Å²) in [6.45, 7) is 1.39. The van der Waals surface area contributed by atoms with Crippen LogP contribution in [0.1, 0.15) is 0 Å². The molecule has 0 heterocycles. The number of nitrogens with one attached hydrogen (secondary N) is 1. The maximum Gasteiger partial charge on any atom is 0.0891 e. The van der Waals surface area contributed by atoms with Crippen LogP contribution in [0.5, 0.6) is 0 Å². The zero-order valence-electron chi connectivity index (χ0n) is 5.84. The molecule has 0 aromatic heterocycles. The lowest BCUT2D eigenvalue weighted by atomic mass is 10.5. The van der Waals surface area contributed by atoms with Gasteiger partial charge < -0.3 is 21.6 Å². The summed E-state index contributed by atoms with van der Waals surface area (Å²) in [4.78, 5) is 0. The van der Waals surface area contributed by atoms with E-state index in [2.05, 4.69) is 5.43 Å². The summed E-state index contributed by atoms with van der Waals surface area (Å²) in [5.41, 5.74) is 13.3. The van der Waals surface area contributed by atoms with E-state index in [0.717, 1.165) is 0 Å². The van der Waals surface area contributed by atoms with Gasteiger partial charge in [0.15, 0.2) is 0 Å². The number of rotatable bonds is 5. The highest BCUT2D eigenvalue weighted by Gasteiger charge is 1.90. The second-order valence-electron chi connectivity index (χ2n) is 1.68. The van der Waals surface area contributed by atoms with Gasteiger partial charge in [0.25, 0.3) is 0 Å². The molecule has 0 aromatic rings. The summed E-state index contributed by atoms with van der Waals surface area (Å²) in [6, 6.07) is 0. The Hall–Kier alpha value is -0.780. The molecule has 10 heavy (non-hydrogen) atoms. The third kappa shape index (κ3) is 4.13. The average molecular weight is 146 g/mol. The van der Waals surface area contributed by atoms with Gasteiger partial charge in [-0.3, -0.25) is 5.84 Å². The van der Waals surface area contributed by atoms with Crippen molar-refractivity contribution >= 4 is 0 Å². The van der Waals surface area contributed by atoms with E-state index < -0.39 is 0 Å². The third-order valence-corrected chi connectivity index (χ3v) is 0.906. The smallest absolute Gasteiger partial charge is 0.0891 e. The van der Waals surface area contributed by atoms with Crippen molar-refractivity contribution in [3.8, 4) is 0 Å². The molecule has 0 spiro atoms. The first-order valence-electron chi connectivity index (χ1n) is 3.00. The van der Waals surface area contributed by atoms with Gasteiger partial charge >= 0.3 is 0 Å². The fraction of sp³-hybridized carbons (Fsp3) is 0.600. The van der Waals surface area contributed by atoms with Crippen LogP contribution in [0.3, 0.4) is 0 Å². The molecule has 0 saturated heterocycles. The summed E-state index contributed by atoms with van der Waals surface area (Å²) < 4.78 is 5.01. The monoisotopic (exact) mass is 146 g/mol. The molecule has 0 unspecified atom stereocenters. The van der Waals surface area contributed by atoms with Gasteiger partial charge in [0.2, 0.25) is 0 Å². The topological polar surface area (TPSA) is 99.3 Å². The average Bonchev–Trinajstić information content (AvgIpc) is 1.99. The molecule has 0 rings (SSSR count). The summed E-state index contributed by atoms with van der Waals surface area (Å²) >= 11 is 0. The molecule has 0 aromatic carbocycles. The van der Waals surface area contributed by atoms with Crippen molar-refractivity contribution in [1.29, 1.82) is 0 Å². The molecule has 0 aliphatic rings. The lowest BCUT2D eigenvalue weighted by Gasteiger charge is -2.04. The standard InChI is InChI=1S/C5H14N4O/c6-1-2-10-4-5(3-7)9-8/h3,9H,1-2,4,6-8H2/b5-3-. The van der Waals surface area contributed by atoms with Crippen molar-refractivity contribution in [3.05, 3.63) is 11.9 Å². The van der Waals surface area contributed by atoms with Crippen LogP contribution in [0.15, 0.2) is 11.9 Å². The Labute approximate surface area is 60.2 Å². The van der Waals surface area contributed by atoms with Crippen LogP contribution in [0.4, 0.5) is 0 Å². The molecular weight excluding hydrogens is 132 g/mol. The van der Waals surface area contributed by atoms with E-state index in [1.165, 1.54) is 6.20 Å². The van der Waals surface area contributed by atoms with Gasteiger partial charge in [-0.1, -0.05) is 0 Å². The molecule has 0 saturated carbocycles. The van der Waals surface area contributed by atoms with Crippen molar-refractivity contribution in [2.45, 2.75) is 0 Å². The van der Waals surface area contributed by atoms with Crippen molar-refractivity contribution in [2.24, 2.45) is 17.3 Å². The fourth-order valence-electron chi connectivity index (χ4n) is 0.403. The Balaban J connectivity index is 3.27. The minimum absolute atomic E-state index is 0.379. The summed E-state index contributed by atoms with van der Waals surface area (Å²) in [7, 11) is 0. The lowest BCUT2D eigenvalue weighted by molar-refractivity contribution is 0.160. The van der Waals surface area contributed by atoms with Crippen LogP contribution in [-0.2, 0) is 4.74 Å². The molecule has 0 aliphatic heterocycles. The molecular formula is C5H14N4O. The first-order valence-corrected chi connectivity index (χ1v) is 3.00. The van der Waals surface area contributed by atoms with E-state index >= 15 is 0 Å². The molecule has 7 N–H and O–H groups in total. The number of hydrogen-bond acceptors (Lipinski definition) is 5. The molecule has 0 atom stereocenters. The second kappa shape index (κ2) is 6.34. The maximum absolute atomic E-state index is 5.17. The Morgan fingerprint density at radius 1 is 1.60 bits per heavy atom. The van der Waals surface area contributed by atoms with Crippen LogP contribution in [-0.4, -0.2) is 19.8 Å². The lowest BCUT2D eigenvalue weighted by Crippen LogP contribution is -2.26. The quantitative estimate of drug-likeness (QED) is 0.209. The largest absolute Gasteiger partial charge is 0.403 e. The van der Waals surface area contributed by atoms with Gasteiger partial charge in [-0.25, -0.2) is 0 Å². The first kappa shape index (κ1) is 9.22. The first-order chi connectivity index (χ1) is 4.85. The molecule has 0 aliphatic carbocycles. The van der Waals surface area contributed by atoms with Gasteiger partial charge in [-0.2, -0.15) is 0 Å². The van der Waals surface area contributed by atoms with E-state index in [1.54, 1.807) is 0 Å². The molecule has 0 bridgehead atoms. The highest BCUT2D eigenvalue weighted by Crippen LogP contribution is 1.83. The minimum atomic E-state index is 0.379. The Kier molecular flexibility index (Phi) is 5.85. The van der Waals surface area contributed by atoms with Gasteiger partial charge in [-0.15, -0.1) is 0 Å². The number of hydrazine groups is 1. The zero-order chi connectivity index (χ0) is 7.82. The minimum Gasteiger partial charge on any atom is -0.403 e. The normalized spacial score (nSPS) is 11.6. The summed E-state index contributed by atoms with van der Waals surface area (Å²) in [5.74, 6) is 5.06. The predicted molar refractivity (Wildman–Crippen MR) is 39.5 cm³/mol. The van der Waals surface area contributed by atoms with E-state index in [1.807, 2.05) is 0 Å². The molecule has 5 heteroatoms. The summed E-state index contributed by atoms with van der Waals surface area (Å²) in [5, 5.41) is 0. The van der Waals surface area contributed by atoms with E-state index in [-0.39, 0.29) is 0 Å². The molecule has 60 valence electrons. The van der Waals surface area contributed by atoms with Crippen molar-refractivity contribution in [1.82, 2.24) is 5.43 Å². The predicted octanol–water partition coefficient (Wildman–Crippen LogP) is -1.77. The highest BCUT2D eigenvalue weighted by molar-refractivity contribution is 4.94. The molecule has 0 fully saturated rings. The SMILES string of the molecule is N/C=C(/COCCN)NN.